The van der Waals surface area contributed by atoms with Gasteiger partial charge in [-0.3, -0.25) is 9.55 Å². The normalized spacial score (nSPS) is 20.9. The van der Waals surface area contributed by atoms with Crippen LogP contribution in [0.1, 0.15) is 219 Å². The van der Waals surface area contributed by atoms with Crippen LogP contribution in [0, 0.1) is 0 Å². The van der Waals surface area contributed by atoms with Gasteiger partial charge in [-0.05, 0) is 57.3 Å². The summed E-state index contributed by atoms with van der Waals surface area (Å²) in [5, 5.41) is 54.9. The first-order valence-corrected chi connectivity index (χ1v) is 26.0. The van der Waals surface area contributed by atoms with Gasteiger partial charge in [0, 0.05) is 0 Å². The van der Waals surface area contributed by atoms with Gasteiger partial charge in [0.1, 0.15) is 30.5 Å². The fourth-order valence-corrected chi connectivity index (χ4v) is 8.32. The molecule has 5 N–H and O–H groups in total. The van der Waals surface area contributed by atoms with Crippen molar-refractivity contribution >= 4 is 16.3 Å². The van der Waals surface area contributed by atoms with Crippen LogP contribution >= 0.6 is 0 Å². The Kier molecular flexibility index (Phi) is 41.7. The maximum absolute atomic E-state index is 13.0. The Balaban J connectivity index is 0.0000372. The van der Waals surface area contributed by atoms with E-state index in [0.29, 0.717) is 6.42 Å². The van der Waals surface area contributed by atoms with Gasteiger partial charge in [-0.2, -0.15) is 8.42 Å². The van der Waals surface area contributed by atoms with Crippen LogP contribution < -0.4 is 34.7 Å². The first kappa shape index (κ1) is 61.6. The van der Waals surface area contributed by atoms with Gasteiger partial charge in [0.25, 0.3) is 0 Å². The predicted octanol–water partition coefficient (Wildman–Crippen LogP) is 6.76. The van der Waals surface area contributed by atoms with Gasteiger partial charge in [0.05, 0.1) is 19.3 Å². The molecule has 62 heavy (non-hydrogen) atoms. The van der Waals surface area contributed by atoms with Gasteiger partial charge >= 0.3 is 40.0 Å². The molecular weight excluding hydrogens is 822 g/mol. The average molecular weight is 912 g/mol. The number of ether oxygens (including phenoxy) is 2. The summed E-state index contributed by atoms with van der Waals surface area (Å²) in [4.78, 5) is 4.25. The zero-order valence-corrected chi connectivity index (χ0v) is 42.2. The third kappa shape index (κ3) is 34.0. The second-order valence-corrected chi connectivity index (χ2v) is 18.4. The molecule has 1 heterocycles. The van der Waals surface area contributed by atoms with Crippen molar-refractivity contribution in [1.29, 1.82) is 0 Å². The Morgan fingerprint density at radius 1 is 0.661 bits per heavy atom. The molecule has 1 rings (SSSR count). The molecule has 0 aliphatic carbocycles. The van der Waals surface area contributed by atoms with Crippen LogP contribution in [0.2, 0.25) is 0 Å². The minimum Gasteiger partial charge on any atom is -0.862 e. The summed E-state index contributed by atoms with van der Waals surface area (Å²) in [6, 6.07) is -1.04. The van der Waals surface area contributed by atoms with Crippen molar-refractivity contribution in [2.75, 3.05) is 13.2 Å². The number of allylic oxidation sites excluding steroid dienone is 3. The van der Waals surface area contributed by atoms with Crippen LogP contribution in [0.25, 0.3) is 0 Å². The van der Waals surface area contributed by atoms with E-state index >= 15 is 0 Å². The van der Waals surface area contributed by atoms with Gasteiger partial charge in [0.2, 0.25) is 0 Å². The van der Waals surface area contributed by atoms with Crippen molar-refractivity contribution in [3.8, 4) is 0 Å². The Morgan fingerprint density at radius 3 is 1.48 bits per heavy atom. The van der Waals surface area contributed by atoms with E-state index in [2.05, 4.69) is 35.2 Å². The van der Waals surface area contributed by atoms with E-state index in [1.165, 1.54) is 154 Å². The number of aliphatic imine (C=N–C) groups is 1. The molecule has 12 nitrogen and oxygen atoms in total. The van der Waals surface area contributed by atoms with E-state index in [0.717, 1.165) is 38.5 Å². The van der Waals surface area contributed by atoms with Crippen molar-refractivity contribution in [2.45, 2.75) is 262 Å². The van der Waals surface area contributed by atoms with Crippen molar-refractivity contribution in [3.63, 3.8) is 0 Å². The summed E-state index contributed by atoms with van der Waals surface area (Å²) < 4.78 is 47.2. The zero-order valence-electron chi connectivity index (χ0n) is 39.4. The van der Waals surface area contributed by atoms with Gasteiger partial charge in [-0.25, -0.2) is 4.18 Å². The Hall–Kier alpha value is -0.420. The van der Waals surface area contributed by atoms with E-state index < -0.39 is 59.9 Å². The molecule has 0 radical (unpaired) electrons. The van der Waals surface area contributed by atoms with Crippen LogP contribution in [0.3, 0.4) is 0 Å². The number of rotatable bonds is 42. The van der Waals surface area contributed by atoms with Gasteiger partial charge in [-0.1, -0.05) is 192 Å². The summed E-state index contributed by atoms with van der Waals surface area (Å²) in [6.45, 7) is 3.30. The summed E-state index contributed by atoms with van der Waals surface area (Å²) in [5.41, 5.74) is 0. The van der Waals surface area contributed by atoms with Gasteiger partial charge in [0.15, 0.2) is 6.29 Å². The van der Waals surface area contributed by atoms with E-state index in [-0.39, 0.29) is 48.5 Å². The van der Waals surface area contributed by atoms with Crippen molar-refractivity contribution in [2.24, 2.45) is 4.99 Å². The second kappa shape index (κ2) is 42.0. The first-order valence-electron chi connectivity index (χ1n) is 24.7. The molecule has 360 valence electrons. The number of hydrogen-bond acceptors (Lipinski definition) is 11. The van der Waals surface area contributed by atoms with E-state index in [1.54, 1.807) is 6.08 Å². The van der Waals surface area contributed by atoms with Gasteiger partial charge < -0.3 is 35.0 Å². The predicted molar refractivity (Wildman–Crippen MR) is 245 cm³/mol. The minimum atomic E-state index is -5.04. The maximum Gasteiger partial charge on any atom is 1.00 e. The molecular formula is C48H90NNaO11S. The van der Waals surface area contributed by atoms with Gasteiger partial charge in [-0.15, -0.1) is 0 Å². The van der Waals surface area contributed by atoms with E-state index in [1.807, 2.05) is 6.08 Å². The van der Waals surface area contributed by atoms with E-state index in [9.17, 15) is 34.0 Å². The zero-order chi connectivity index (χ0) is 44.8. The molecule has 0 spiro atoms. The number of aliphatic hydroxyl groups is 4. The van der Waals surface area contributed by atoms with Crippen LogP contribution in [-0.4, -0.2) is 95.4 Å². The Morgan fingerprint density at radius 2 is 1.06 bits per heavy atom. The molecule has 0 bridgehead atoms. The topological polar surface area (TPSA) is 198 Å². The monoisotopic (exact) mass is 912 g/mol. The summed E-state index contributed by atoms with van der Waals surface area (Å²) in [7, 11) is -5.04. The molecule has 0 unspecified atom stereocenters. The molecule has 0 saturated carbocycles. The third-order valence-electron chi connectivity index (χ3n) is 11.6. The molecule has 0 amide bonds. The van der Waals surface area contributed by atoms with Crippen LogP contribution in [0.4, 0.5) is 0 Å². The molecule has 0 aromatic rings. The Labute approximate surface area is 400 Å². The molecule has 1 aliphatic rings. The van der Waals surface area contributed by atoms with Crippen LogP contribution in [0.15, 0.2) is 29.3 Å². The van der Waals surface area contributed by atoms with Crippen molar-refractivity contribution < 1.29 is 81.7 Å². The van der Waals surface area contributed by atoms with Crippen molar-refractivity contribution in [1.82, 2.24) is 0 Å². The smallest absolute Gasteiger partial charge is 0.862 e. The number of unbranched alkanes of at least 4 members (excludes halogenated alkanes) is 28. The molecule has 1 fully saturated rings. The minimum absolute atomic E-state index is 0. The summed E-state index contributed by atoms with van der Waals surface area (Å²) >= 11 is 0. The average Bonchev–Trinajstić information content (AvgIpc) is 3.23. The second-order valence-electron chi connectivity index (χ2n) is 17.3. The molecule has 0 aromatic heterocycles. The molecule has 14 heteroatoms. The quantitative estimate of drug-likeness (QED) is 0.0108. The third-order valence-corrected chi connectivity index (χ3v) is 12.1. The fourth-order valence-electron chi connectivity index (χ4n) is 7.80. The maximum atomic E-state index is 13.0. The SMILES string of the molecule is CCCCCCCC/C=C\CCCCCCCCCCCCCC([O-])=N[C@@H](CO[C@@H]1O[C@H](CO)[C@H](OS(=O)(=O)O)[C@H](O)[C@H]1O)[C@H](O)/C=C/CCCCCCCCCCCCC.[Na+]. The van der Waals surface area contributed by atoms with E-state index in [4.69, 9.17) is 14.0 Å². The van der Waals surface area contributed by atoms with Crippen LogP contribution in [-0.2, 0) is 24.1 Å². The Bertz CT molecular complexity index is 1210. The molecule has 1 saturated heterocycles. The van der Waals surface area contributed by atoms with Crippen LogP contribution in [0.5, 0.6) is 0 Å². The number of nitrogens with zero attached hydrogens (tertiary/aromatic N) is 1. The first-order chi connectivity index (χ1) is 29.5. The standard InChI is InChI=1S/C48H91NO11S.Na/c1-3-5-7-9-11-13-15-17-18-19-20-21-22-23-24-26-28-30-32-34-36-38-44(52)49-41(42(51)37-35-33-31-29-27-25-16-14-12-10-8-6-4-2)40-58-48-46(54)45(53)47(43(39-50)59-48)60-61(55,56)57;/h17-18,35,37,41-43,45-48,50-51,53-54H,3-16,19-34,36,38-40H2,1-2H3,(H,49,52)(H,55,56,57);/q;+1/p-1/b18-17-,37-35+;/t41-,42+,43+,45+,46+,47-,48+;/m0./s1. The number of hydrogen-bond donors (Lipinski definition) is 5. The summed E-state index contributed by atoms with van der Waals surface area (Å²) in [5.74, 6) is -0.375. The summed E-state index contributed by atoms with van der Waals surface area (Å²) in [6.07, 6.45) is 36.2. The number of aliphatic hydroxyl groups excluding tert-OH is 4. The molecule has 1 aliphatic heterocycles. The largest absolute Gasteiger partial charge is 1.00 e. The molecule has 7 atom stereocenters. The fraction of sp³-hybridized carbons (Fsp3) is 0.896. The van der Waals surface area contributed by atoms with Crippen molar-refractivity contribution in [3.05, 3.63) is 24.3 Å². The molecule has 0 aromatic carbocycles.